The third-order valence-corrected chi connectivity index (χ3v) is 6.51. The first-order valence-corrected chi connectivity index (χ1v) is 11.0. The van der Waals surface area contributed by atoms with Gasteiger partial charge in [0, 0.05) is 11.8 Å². The van der Waals surface area contributed by atoms with Crippen LogP contribution in [-0.4, -0.2) is 74.1 Å². The van der Waals surface area contributed by atoms with Crippen molar-refractivity contribution in [1.82, 2.24) is 34.5 Å². The van der Waals surface area contributed by atoms with Crippen molar-refractivity contribution in [2.24, 2.45) is 0 Å². The molecule has 9 nitrogen and oxygen atoms in total. The Kier molecular flexibility index (Phi) is 5.54. The summed E-state index contributed by atoms with van der Waals surface area (Å²) in [5.74, 6) is -4.10. The van der Waals surface area contributed by atoms with E-state index in [2.05, 4.69) is 20.4 Å². The number of methoxy groups -OCH3 is 1. The van der Waals surface area contributed by atoms with Crippen LogP contribution in [0.15, 0.2) is 24.4 Å². The molecule has 1 saturated heterocycles. The summed E-state index contributed by atoms with van der Waals surface area (Å²) in [5, 5.41) is 12.0. The van der Waals surface area contributed by atoms with Crippen molar-refractivity contribution in [1.29, 1.82) is 0 Å². The monoisotopic (exact) mass is 492 g/mol. The fraction of sp³-hybridized carbons (Fsp3) is 0.455. The largest absolute Gasteiger partial charge is 0.479 e. The van der Waals surface area contributed by atoms with Crippen molar-refractivity contribution < 1.29 is 22.3 Å². The quantitative estimate of drug-likeness (QED) is 0.425. The number of hydrogen-bond acceptors (Lipinski definition) is 7. The summed E-state index contributed by atoms with van der Waals surface area (Å²) in [6.45, 7) is 1.43. The van der Waals surface area contributed by atoms with Crippen LogP contribution in [0.2, 0.25) is 0 Å². The lowest BCUT2D eigenvalue weighted by atomic mass is 9.84. The number of hydrogen-bond donors (Lipinski definition) is 1. The molecular weight excluding hydrogens is 468 g/mol. The Labute approximate surface area is 197 Å². The molecule has 1 fully saturated rings. The van der Waals surface area contributed by atoms with Crippen LogP contribution in [0.1, 0.15) is 30.9 Å². The number of likely N-dealkylation sites (tertiary alicyclic amines) is 1. The summed E-state index contributed by atoms with van der Waals surface area (Å²) in [7, 11) is 3.05. The number of piperidine rings is 1. The number of fused-ring (bicyclic) bond motifs is 2. The van der Waals surface area contributed by atoms with Gasteiger partial charge in [-0.15, -0.1) is 10.2 Å². The lowest BCUT2D eigenvalue weighted by molar-refractivity contribution is -0.0764. The highest BCUT2D eigenvalue weighted by atomic mass is 19.3. The fourth-order valence-electron chi connectivity index (χ4n) is 4.79. The molecule has 3 aromatic heterocycles. The Morgan fingerprint density at radius 3 is 2.71 bits per heavy atom. The third kappa shape index (κ3) is 3.83. The molecule has 0 amide bonds. The van der Waals surface area contributed by atoms with Gasteiger partial charge in [-0.1, -0.05) is 11.3 Å². The van der Waals surface area contributed by atoms with E-state index in [1.807, 2.05) is 0 Å². The van der Waals surface area contributed by atoms with Gasteiger partial charge in [0.15, 0.2) is 0 Å². The number of halogens is 4. The number of aromatic nitrogens is 6. The highest BCUT2D eigenvalue weighted by molar-refractivity contribution is 5.91. The average Bonchev–Trinajstić information content (AvgIpc) is 3.38. The molecule has 5 rings (SSSR count). The first-order chi connectivity index (χ1) is 16.6. The number of nitrogens with zero attached hydrogens (tertiary/aromatic N) is 7. The van der Waals surface area contributed by atoms with Gasteiger partial charge in [-0.05, 0) is 50.2 Å². The standard InChI is InChI=1S/C22H24F4N8O/c1-11(19(23)24)34-16-8-12(4-5-15(16)29-31-34)17-13(14-6-7-32(2)10-22(14,25)26)9-33-18(17)20(35-3)28-21(27)30-33/h4-5,8-9,11,14,19H,6-7,10H2,1-3H3,(H2,27,30)/t11-,14-/m1/s1. The lowest BCUT2D eigenvalue weighted by Gasteiger charge is -2.36. The zero-order valence-corrected chi connectivity index (χ0v) is 19.3. The highest BCUT2D eigenvalue weighted by Crippen LogP contribution is 2.47. The molecule has 1 aromatic carbocycles. The van der Waals surface area contributed by atoms with Crippen LogP contribution < -0.4 is 10.5 Å². The molecule has 0 unspecified atom stereocenters. The molecule has 0 saturated carbocycles. The molecule has 0 aliphatic carbocycles. The van der Waals surface area contributed by atoms with E-state index in [1.54, 1.807) is 30.1 Å². The Morgan fingerprint density at radius 2 is 2.03 bits per heavy atom. The lowest BCUT2D eigenvalue weighted by Crippen LogP contribution is -2.45. The second-order valence-electron chi connectivity index (χ2n) is 8.88. The molecule has 4 aromatic rings. The van der Waals surface area contributed by atoms with Gasteiger partial charge in [-0.2, -0.15) is 4.98 Å². The summed E-state index contributed by atoms with van der Waals surface area (Å²) in [4.78, 5) is 5.72. The zero-order valence-electron chi connectivity index (χ0n) is 19.3. The minimum atomic E-state index is -3.02. The Hall–Kier alpha value is -3.48. The molecule has 0 bridgehead atoms. The summed E-state index contributed by atoms with van der Waals surface area (Å²) >= 11 is 0. The van der Waals surface area contributed by atoms with Crippen molar-refractivity contribution >= 4 is 22.5 Å². The molecule has 2 atom stereocenters. The van der Waals surface area contributed by atoms with E-state index < -0.39 is 30.9 Å². The van der Waals surface area contributed by atoms with Gasteiger partial charge in [-0.25, -0.2) is 26.8 Å². The van der Waals surface area contributed by atoms with Crippen LogP contribution in [0.25, 0.3) is 27.7 Å². The summed E-state index contributed by atoms with van der Waals surface area (Å²) in [6, 6.07) is 3.71. The number of nitrogens with two attached hydrogens (primary N) is 1. The summed E-state index contributed by atoms with van der Waals surface area (Å²) in [5.41, 5.74) is 8.21. The molecule has 2 N–H and O–H groups in total. The maximum Gasteiger partial charge on any atom is 0.267 e. The number of rotatable bonds is 5. The van der Waals surface area contributed by atoms with Gasteiger partial charge in [0.05, 0.1) is 25.1 Å². The van der Waals surface area contributed by atoms with Gasteiger partial charge >= 0.3 is 0 Å². The highest BCUT2D eigenvalue weighted by Gasteiger charge is 2.46. The zero-order chi connectivity index (χ0) is 25.1. The Bertz CT molecular complexity index is 1400. The van der Waals surface area contributed by atoms with Gasteiger partial charge in [-0.3, -0.25) is 0 Å². The van der Waals surface area contributed by atoms with Gasteiger partial charge in [0.25, 0.3) is 12.3 Å². The van der Waals surface area contributed by atoms with Gasteiger partial charge in [0.2, 0.25) is 11.8 Å². The SMILES string of the molecule is COc1nc(N)nn2cc([C@H]3CCN(C)CC3(F)F)c(-c3ccc4nnn([C@H](C)C(F)F)c4c3)c12. The van der Waals surface area contributed by atoms with Crippen molar-refractivity contribution in [2.75, 3.05) is 33.0 Å². The van der Waals surface area contributed by atoms with Crippen molar-refractivity contribution in [3.05, 3.63) is 30.0 Å². The maximum atomic E-state index is 15.3. The van der Waals surface area contributed by atoms with Crippen LogP contribution >= 0.6 is 0 Å². The molecular formula is C22H24F4N8O. The molecule has 13 heteroatoms. The number of ether oxygens (including phenoxy) is 1. The average molecular weight is 492 g/mol. The van der Waals surface area contributed by atoms with E-state index in [-0.39, 0.29) is 18.2 Å². The van der Waals surface area contributed by atoms with E-state index >= 15 is 8.78 Å². The third-order valence-electron chi connectivity index (χ3n) is 6.51. The molecule has 0 radical (unpaired) electrons. The van der Waals surface area contributed by atoms with E-state index in [1.165, 1.54) is 24.7 Å². The van der Waals surface area contributed by atoms with Gasteiger partial charge < -0.3 is 15.4 Å². The normalized spacial score (nSPS) is 19.6. The molecule has 186 valence electrons. The Balaban J connectivity index is 1.79. The topological polar surface area (TPSA) is 99.4 Å². The smallest absolute Gasteiger partial charge is 0.267 e. The predicted octanol–water partition coefficient (Wildman–Crippen LogP) is 3.61. The first kappa shape index (κ1) is 23.3. The molecule has 1 aliphatic heterocycles. The number of anilines is 1. The van der Waals surface area contributed by atoms with Crippen LogP contribution in [-0.2, 0) is 0 Å². The van der Waals surface area contributed by atoms with Crippen LogP contribution in [0, 0.1) is 0 Å². The number of nitrogen functional groups attached to an aromatic ring is 1. The van der Waals surface area contributed by atoms with E-state index in [9.17, 15) is 8.78 Å². The van der Waals surface area contributed by atoms with E-state index in [0.717, 1.165) is 4.68 Å². The van der Waals surface area contributed by atoms with Crippen molar-refractivity contribution in [3.63, 3.8) is 0 Å². The van der Waals surface area contributed by atoms with Crippen molar-refractivity contribution in [2.45, 2.75) is 37.7 Å². The summed E-state index contributed by atoms with van der Waals surface area (Å²) in [6.07, 6.45) is -0.928. The molecule has 1 aliphatic rings. The van der Waals surface area contributed by atoms with Gasteiger partial charge in [0.1, 0.15) is 17.1 Å². The number of benzene rings is 1. The van der Waals surface area contributed by atoms with Crippen molar-refractivity contribution in [3.8, 4) is 17.0 Å². The second-order valence-corrected chi connectivity index (χ2v) is 8.88. The predicted molar refractivity (Wildman–Crippen MR) is 121 cm³/mol. The molecule has 35 heavy (non-hydrogen) atoms. The van der Waals surface area contributed by atoms with Crippen LogP contribution in [0.3, 0.4) is 0 Å². The van der Waals surface area contributed by atoms with Crippen LogP contribution in [0.4, 0.5) is 23.5 Å². The second kappa shape index (κ2) is 8.33. The minimum absolute atomic E-state index is 0.0823. The number of alkyl halides is 4. The van der Waals surface area contributed by atoms with E-state index in [0.29, 0.717) is 39.8 Å². The minimum Gasteiger partial charge on any atom is -0.479 e. The fourth-order valence-corrected chi connectivity index (χ4v) is 4.79. The molecule has 4 heterocycles. The van der Waals surface area contributed by atoms with Crippen LogP contribution in [0.5, 0.6) is 5.88 Å². The summed E-state index contributed by atoms with van der Waals surface area (Å²) < 4.78 is 65.4. The maximum absolute atomic E-state index is 15.3. The molecule has 0 spiro atoms. The van der Waals surface area contributed by atoms with E-state index in [4.69, 9.17) is 10.5 Å². The first-order valence-electron chi connectivity index (χ1n) is 11.0. The Morgan fingerprint density at radius 1 is 1.26 bits per heavy atom.